The molecule has 0 atom stereocenters. The molecule has 0 saturated carbocycles. The molecule has 3 nitrogen and oxygen atoms in total. The van der Waals surface area contributed by atoms with Gasteiger partial charge in [-0.15, -0.1) is 0 Å². The first-order chi connectivity index (χ1) is 8.54. The molecule has 0 amide bonds. The van der Waals surface area contributed by atoms with Crippen molar-refractivity contribution in [1.29, 1.82) is 0 Å². The molecule has 2 aromatic heterocycles. The molecule has 0 saturated heterocycles. The van der Waals surface area contributed by atoms with Crippen LogP contribution >= 0.6 is 0 Å². The van der Waals surface area contributed by atoms with Gasteiger partial charge in [0.1, 0.15) is 0 Å². The minimum absolute atomic E-state index is 0.0398. The number of nitrogens with zero attached hydrogens (tertiary/aromatic N) is 2. The average Bonchev–Trinajstić information content (AvgIpc) is 2.76. The van der Waals surface area contributed by atoms with Crippen LogP contribution in [0.4, 0.5) is 0 Å². The van der Waals surface area contributed by atoms with Crippen LogP contribution in [0.5, 0.6) is 0 Å². The topological polar surface area (TPSA) is 34.9 Å². The predicted molar refractivity (Wildman–Crippen MR) is 73.5 cm³/mol. The third-order valence-electron chi connectivity index (χ3n) is 3.03. The van der Waals surface area contributed by atoms with Crippen LogP contribution in [0.3, 0.4) is 0 Å². The van der Waals surface area contributed by atoms with Crippen molar-refractivity contribution in [2.45, 2.75) is 20.8 Å². The number of rotatable bonds is 3. The van der Waals surface area contributed by atoms with E-state index in [1.54, 1.807) is 13.1 Å². The van der Waals surface area contributed by atoms with Crippen LogP contribution in [0, 0.1) is 13.8 Å². The van der Waals surface area contributed by atoms with Gasteiger partial charge in [0.25, 0.3) is 0 Å². The average molecular weight is 240 g/mol. The summed E-state index contributed by atoms with van der Waals surface area (Å²) in [5.41, 5.74) is 4.33. The summed E-state index contributed by atoms with van der Waals surface area (Å²) in [4.78, 5) is 16.0. The van der Waals surface area contributed by atoms with Crippen molar-refractivity contribution in [3.63, 3.8) is 0 Å². The van der Waals surface area contributed by atoms with Gasteiger partial charge >= 0.3 is 0 Å². The zero-order chi connectivity index (χ0) is 13.3. The van der Waals surface area contributed by atoms with Gasteiger partial charge in [-0.2, -0.15) is 0 Å². The van der Waals surface area contributed by atoms with E-state index in [2.05, 4.69) is 11.6 Å². The number of ketones is 1. The van der Waals surface area contributed by atoms with Crippen LogP contribution in [0.2, 0.25) is 0 Å². The smallest absolute Gasteiger partial charge is 0.161 e. The molecule has 0 spiro atoms. The lowest BCUT2D eigenvalue weighted by atomic mass is 10.0. The zero-order valence-corrected chi connectivity index (χ0v) is 10.9. The Hall–Kier alpha value is -2.16. The second-order valence-corrected chi connectivity index (χ2v) is 4.29. The maximum Gasteiger partial charge on any atom is 0.161 e. The van der Waals surface area contributed by atoms with E-state index in [4.69, 9.17) is 0 Å². The molecule has 0 aliphatic carbocycles. The van der Waals surface area contributed by atoms with Crippen LogP contribution in [0.25, 0.3) is 17.5 Å². The van der Waals surface area contributed by atoms with Crippen molar-refractivity contribution in [3.05, 3.63) is 47.9 Å². The lowest BCUT2D eigenvalue weighted by Crippen LogP contribution is -2.03. The summed E-state index contributed by atoms with van der Waals surface area (Å²) in [5.74, 6) is 0.0398. The first kappa shape index (κ1) is 12.3. The van der Waals surface area contributed by atoms with Gasteiger partial charge in [0.05, 0.1) is 5.69 Å². The molecule has 2 aromatic rings. The third-order valence-corrected chi connectivity index (χ3v) is 3.03. The van der Waals surface area contributed by atoms with Gasteiger partial charge in [0.2, 0.25) is 0 Å². The summed E-state index contributed by atoms with van der Waals surface area (Å²) in [6.45, 7) is 9.15. The fourth-order valence-corrected chi connectivity index (χ4v) is 2.12. The molecule has 3 heteroatoms. The van der Waals surface area contributed by atoms with Crippen LogP contribution in [-0.2, 0) is 0 Å². The molecule has 0 radical (unpaired) electrons. The first-order valence-electron chi connectivity index (χ1n) is 5.83. The minimum atomic E-state index is 0.0398. The van der Waals surface area contributed by atoms with E-state index < -0.39 is 0 Å². The largest absolute Gasteiger partial charge is 0.324 e. The van der Waals surface area contributed by atoms with Crippen molar-refractivity contribution in [1.82, 2.24) is 9.55 Å². The highest BCUT2D eigenvalue weighted by Gasteiger charge is 2.12. The fourth-order valence-electron chi connectivity index (χ4n) is 2.12. The fraction of sp³-hybridized carbons (Fsp3) is 0.200. The Labute approximate surface area is 107 Å². The molecule has 2 rings (SSSR count). The molecule has 0 aliphatic heterocycles. The van der Waals surface area contributed by atoms with E-state index in [1.165, 1.54) is 0 Å². The number of pyridine rings is 1. The summed E-state index contributed by atoms with van der Waals surface area (Å²) in [7, 11) is 0. The molecule has 18 heavy (non-hydrogen) atoms. The second-order valence-electron chi connectivity index (χ2n) is 4.29. The van der Waals surface area contributed by atoms with Gasteiger partial charge < -0.3 is 4.57 Å². The normalized spacial score (nSPS) is 10.4. The third kappa shape index (κ3) is 1.99. The second kappa shape index (κ2) is 4.61. The molecule has 0 aliphatic rings. The SMILES string of the molecule is C=Cn1cccc1-c1cc(C(C)=O)c(C)nc1C. The van der Waals surface area contributed by atoms with E-state index in [0.717, 1.165) is 22.6 Å². The summed E-state index contributed by atoms with van der Waals surface area (Å²) >= 11 is 0. The summed E-state index contributed by atoms with van der Waals surface area (Å²) in [5, 5.41) is 0. The first-order valence-corrected chi connectivity index (χ1v) is 5.83. The molecule has 0 N–H and O–H groups in total. The molecule has 0 fully saturated rings. The van der Waals surface area contributed by atoms with Gasteiger partial charge in [-0.25, -0.2) is 0 Å². The van der Waals surface area contributed by atoms with Gasteiger partial charge in [0.15, 0.2) is 5.78 Å². The Kier molecular flexibility index (Phi) is 3.15. The number of aromatic nitrogens is 2. The number of carbonyl (C=O) groups excluding carboxylic acids is 1. The van der Waals surface area contributed by atoms with Crippen molar-refractivity contribution < 1.29 is 4.79 Å². The monoisotopic (exact) mass is 240 g/mol. The lowest BCUT2D eigenvalue weighted by Gasteiger charge is -2.11. The molecular weight excluding hydrogens is 224 g/mol. The number of hydrogen-bond acceptors (Lipinski definition) is 2. The highest BCUT2D eigenvalue weighted by atomic mass is 16.1. The highest BCUT2D eigenvalue weighted by molar-refractivity contribution is 5.96. The molecule has 0 aromatic carbocycles. The van der Waals surface area contributed by atoms with Crippen LogP contribution in [0.1, 0.15) is 28.7 Å². The summed E-state index contributed by atoms with van der Waals surface area (Å²) in [6, 6.07) is 5.85. The number of aryl methyl sites for hydroxylation is 2. The molecular formula is C15H16N2O. The van der Waals surface area contributed by atoms with Gasteiger partial charge in [0, 0.05) is 34.9 Å². The minimum Gasteiger partial charge on any atom is -0.324 e. The Balaban J connectivity index is 2.68. The standard InChI is InChI=1S/C15H16N2O/c1-5-17-8-6-7-15(17)14-9-13(12(4)18)10(2)16-11(14)3/h5-9H,1H2,2-4H3. The van der Waals surface area contributed by atoms with E-state index in [9.17, 15) is 4.79 Å². The van der Waals surface area contributed by atoms with E-state index in [0.29, 0.717) is 5.56 Å². The number of hydrogen-bond donors (Lipinski definition) is 0. The van der Waals surface area contributed by atoms with Crippen LogP contribution in [0.15, 0.2) is 31.0 Å². The van der Waals surface area contributed by atoms with Crippen LogP contribution < -0.4 is 0 Å². The Bertz CT molecular complexity index is 623. The van der Waals surface area contributed by atoms with Crippen LogP contribution in [-0.4, -0.2) is 15.3 Å². The Morgan fingerprint density at radius 3 is 2.72 bits per heavy atom. The lowest BCUT2D eigenvalue weighted by molar-refractivity contribution is 0.101. The maximum absolute atomic E-state index is 11.6. The quantitative estimate of drug-likeness (QED) is 0.770. The summed E-state index contributed by atoms with van der Waals surface area (Å²) in [6.07, 6.45) is 3.66. The van der Waals surface area contributed by atoms with Gasteiger partial charge in [-0.3, -0.25) is 9.78 Å². The molecule has 0 bridgehead atoms. The van der Waals surface area contributed by atoms with Gasteiger partial charge in [-0.05, 0) is 39.0 Å². The van der Waals surface area contributed by atoms with E-state index in [1.807, 2.05) is 42.8 Å². The molecule has 0 unspecified atom stereocenters. The zero-order valence-electron chi connectivity index (χ0n) is 10.9. The molecule has 92 valence electrons. The van der Waals surface area contributed by atoms with Crippen molar-refractivity contribution >= 4 is 12.0 Å². The Morgan fingerprint density at radius 1 is 1.39 bits per heavy atom. The Morgan fingerprint density at radius 2 is 2.11 bits per heavy atom. The van der Waals surface area contributed by atoms with E-state index >= 15 is 0 Å². The number of Topliss-reactive ketones (excluding diaryl/α,β-unsaturated/α-hetero) is 1. The van der Waals surface area contributed by atoms with Crippen molar-refractivity contribution in [2.24, 2.45) is 0 Å². The maximum atomic E-state index is 11.6. The highest BCUT2D eigenvalue weighted by Crippen LogP contribution is 2.25. The predicted octanol–water partition coefficient (Wildman–Crippen LogP) is 3.47. The molecule has 2 heterocycles. The number of carbonyl (C=O) groups is 1. The summed E-state index contributed by atoms with van der Waals surface area (Å²) < 4.78 is 1.92. The van der Waals surface area contributed by atoms with Crippen molar-refractivity contribution in [2.75, 3.05) is 0 Å². The van der Waals surface area contributed by atoms with Crippen molar-refractivity contribution in [3.8, 4) is 11.3 Å². The van der Waals surface area contributed by atoms with Gasteiger partial charge in [-0.1, -0.05) is 6.58 Å². The van der Waals surface area contributed by atoms with E-state index in [-0.39, 0.29) is 5.78 Å².